The molecule has 17 heavy (non-hydrogen) atoms. The smallest absolute Gasteiger partial charge is 0.127 e. The number of nitriles is 1. The third-order valence-electron chi connectivity index (χ3n) is 2.27. The highest BCUT2D eigenvalue weighted by atomic mass is 35.5. The van der Waals surface area contributed by atoms with Crippen LogP contribution in [0.4, 0.5) is 5.82 Å². The molecule has 0 fully saturated rings. The number of thiophene rings is 1. The predicted molar refractivity (Wildman–Crippen MR) is 70.3 cm³/mol. The fourth-order valence-electron chi connectivity index (χ4n) is 1.43. The second-order valence-corrected chi connectivity index (χ2v) is 5.30. The number of hydrogen-bond acceptors (Lipinski definition) is 4. The lowest BCUT2D eigenvalue weighted by Crippen LogP contribution is -2.06. The van der Waals surface area contributed by atoms with Gasteiger partial charge in [-0.1, -0.05) is 11.6 Å². The van der Waals surface area contributed by atoms with E-state index in [4.69, 9.17) is 16.9 Å². The maximum atomic E-state index is 8.80. The van der Waals surface area contributed by atoms with Gasteiger partial charge in [-0.25, -0.2) is 4.98 Å². The summed E-state index contributed by atoms with van der Waals surface area (Å²) in [7, 11) is 0. The minimum Gasteiger partial charge on any atom is -0.363 e. The van der Waals surface area contributed by atoms with Crippen LogP contribution in [-0.2, 0) is 0 Å². The highest BCUT2D eigenvalue weighted by molar-refractivity contribution is 7.16. The summed E-state index contributed by atoms with van der Waals surface area (Å²) in [5.41, 5.74) is 0.596. The summed E-state index contributed by atoms with van der Waals surface area (Å²) < 4.78 is 0.771. The van der Waals surface area contributed by atoms with Gasteiger partial charge in [0.15, 0.2) is 0 Å². The van der Waals surface area contributed by atoms with Crippen molar-refractivity contribution in [1.82, 2.24) is 4.98 Å². The van der Waals surface area contributed by atoms with Crippen LogP contribution in [0, 0.1) is 11.3 Å². The van der Waals surface area contributed by atoms with E-state index in [2.05, 4.69) is 16.4 Å². The Bertz CT molecular complexity index is 559. The third-order valence-corrected chi connectivity index (χ3v) is 3.69. The van der Waals surface area contributed by atoms with E-state index < -0.39 is 0 Å². The van der Waals surface area contributed by atoms with Crippen LogP contribution in [0.1, 0.15) is 23.4 Å². The quantitative estimate of drug-likeness (QED) is 0.915. The van der Waals surface area contributed by atoms with Gasteiger partial charge in [0.2, 0.25) is 0 Å². The molecule has 1 atom stereocenters. The largest absolute Gasteiger partial charge is 0.363 e. The lowest BCUT2D eigenvalue weighted by molar-refractivity contribution is 0.896. The summed E-state index contributed by atoms with van der Waals surface area (Å²) in [5.74, 6) is 0.695. The Morgan fingerprint density at radius 3 is 2.94 bits per heavy atom. The van der Waals surface area contributed by atoms with Crippen molar-refractivity contribution in [3.8, 4) is 6.07 Å². The van der Waals surface area contributed by atoms with E-state index in [9.17, 15) is 0 Å². The van der Waals surface area contributed by atoms with Crippen molar-refractivity contribution in [2.75, 3.05) is 5.32 Å². The topological polar surface area (TPSA) is 48.7 Å². The molecule has 3 nitrogen and oxygen atoms in total. The Labute approximate surface area is 109 Å². The summed E-state index contributed by atoms with van der Waals surface area (Å²) in [4.78, 5) is 5.31. The van der Waals surface area contributed by atoms with Crippen molar-refractivity contribution in [3.63, 3.8) is 0 Å². The van der Waals surface area contributed by atoms with Crippen LogP contribution in [0.5, 0.6) is 0 Å². The molecule has 0 bridgehead atoms. The molecule has 2 heterocycles. The lowest BCUT2D eigenvalue weighted by atomic mass is 10.2. The molecule has 0 saturated heterocycles. The molecule has 2 rings (SSSR count). The third kappa shape index (κ3) is 2.96. The lowest BCUT2D eigenvalue weighted by Gasteiger charge is -2.12. The second-order valence-electron chi connectivity index (χ2n) is 3.55. The van der Waals surface area contributed by atoms with Crippen LogP contribution < -0.4 is 5.32 Å². The minimum absolute atomic E-state index is 0.119. The number of hydrogen-bond donors (Lipinski definition) is 1. The Balaban J connectivity index is 2.13. The predicted octanol–water partition coefficient (Wildman–Crippen LogP) is 3.84. The van der Waals surface area contributed by atoms with E-state index in [1.54, 1.807) is 18.3 Å². The Morgan fingerprint density at radius 1 is 1.47 bits per heavy atom. The average molecular weight is 264 g/mol. The van der Waals surface area contributed by atoms with Crippen LogP contribution >= 0.6 is 22.9 Å². The number of anilines is 1. The summed E-state index contributed by atoms with van der Waals surface area (Å²) in [6.45, 7) is 2.03. The number of pyridine rings is 1. The number of aromatic nitrogens is 1. The van der Waals surface area contributed by atoms with Gasteiger partial charge < -0.3 is 5.32 Å². The molecule has 0 spiro atoms. The Kier molecular flexibility index (Phi) is 3.62. The molecule has 2 aromatic rings. The zero-order valence-corrected chi connectivity index (χ0v) is 10.7. The van der Waals surface area contributed by atoms with Crippen molar-refractivity contribution in [1.29, 1.82) is 5.26 Å². The molecule has 1 N–H and O–H groups in total. The molecule has 0 saturated carbocycles. The first-order chi connectivity index (χ1) is 8.19. The molecule has 1 unspecified atom stereocenters. The fraction of sp³-hybridized carbons (Fsp3) is 0.167. The van der Waals surface area contributed by atoms with E-state index in [1.807, 2.05) is 19.1 Å². The molecule has 2 aromatic heterocycles. The normalized spacial score (nSPS) is 11.8. The summed E-state index contributed by atoms with van der Waals surface area (Å²) >= 11 is 7.42. The first kappa shape index (κ1) is 11.9. The Hall–Kier alpha value is -1.57. The summed E-state index contributed by atoms with van der Waals surface area (Å²) in [5, 5.41) is 12.0. The monoisotopic (exact) mass is 263 g/mol. The maximum Gasteiger partial charge on any atom is 0.127 e. The van der Waals surface area contributed by atoms with Gasteiger partial charge in [-0.2, -0.15) is 5.26 Å². The highest BCUT2D eigenvalue weighted by Crippen LogP contribution is 2.28. The Morgan fingerprint density at radius 2 is 2.29 bits per heavy atom. The molecule has 0 amide bonds. The van der Waals surface area contributed by atoms with Crippen LogP contribution in [0.2, 0.25) is 4.34 Å². The molecule has 0 aromatic carbocycles. The zero-order valence-electron chi connectivity index (χ0n) is 9.14. The number of halogens is 1. The average Bonchev–Trinajstić information content (AvgIpc) is 2.76. The van der Waals surface area contributed by atoms with Crippen molar-refractivity contribution >= 4 is 28.8 Å². The van der Waals surface area contributed by atoms with E-state index >= 15 is 0 Å². The molecule has 0 aliphatic carbocycles. The van der Waals surface area contributed by atoms with Crippen molar-refractivity contribution < 1.29 is 0 Å². The van der Waals surface area contributed by atoms with Crippen LogP contribution in [0.15, 0.2) is 30.5 Å². The SMILES string of the molecule is CC(Nc1cc(C#N)ccn1)c1ccc(Cl)s1. The fourth-order valence-corrected chi connectivity index (χ4v) is 2.50. The number of rotatable bonds is 3. The first-order valence-corrected chi connectivity index (χ1v) is 6.26. The van der Waals surface area contributed by atoms with Crippen LogP contribution in [-0.4, -0.2) is 4.98 Å². The first-order valence-electron chi connectivity index (χ1n) is 5.07. The van der Waals surface area contributed by atoms with Crippen molar-refractivity contribution in [2.45, 2.75) is 13.0 Å². The van der Waals surface area contributed by atoms with Gasteiger partial charge in [0.25, 0.3) is 0 Å². The van der Waals surface area contributed by atoms with Crippen LogP contribution in [0.25, 0.3) is 0 Å². The van der Waals surface area contributed by atoms with E-state index in [-0.39, 0.29) is 6.04 Å². The van der Waals surface area contributed by atoms with Gasteiger partial charge >= 0.3 is 0 Å². The summed E-state index contributed by atoms with van der Waals surface area (Å²) in [6.07, 6.45) is 1.62. The van der Waals surface area contributed by atoms with E-state index in [0.717, 1.165) is 9.21 Å². The number of nitrogens with zero attached hydrogens (tertiary/aromatic N) is 2. The molecule has 0 aliphatic heterocycles. The summed E-state index contributed by atoms with van der Waals surface area (Å²) in [6, 6.07) is 9.47. The molecule has 0 aliphatic rings. The molecular formula is C12H10ClN3S. The highest BCUT2D eigenvalue weighted by Gasteiger charge is 2.08. The molecule has 86 valence electrons. The van der Waals surface area contributed by atoms with E-state index in [1.165, 1.54) is 11.3 Å². The van der Waals surface area contributed by atoms with Gasteiger partial charge in [-0.05, 0) is 31.2 Å². The number of nitrogens with one attached hydrogen (secondary N) is 1. The minimum atomic E-state index is 0.119. The molecule has 0 radical (unpaired) electrons. The second kappa shape index (κ2) is 5.17. The van der Waals surface area contributed by atoms with Gasteiger partial charge in [0.1, 0.15) is 5.82 Å². The van der Waals surface area contributed by atoms with Gasteiger partial charge in [-0.3, -0.25) is 0 Å². The maximum absolute atomic E-state index is 8.80. The standard InChI is InChI=1S/C12H10ClN3S/c1-8(10-2-3-11(13)17-10)16-12-6-9(7-14)4-5-15-12/h2-6,8H,1H3,(H,15,16). The van der Waals surface area contributed by atoms with Gasteiger partial charge in [0, 0.05) is 11.1 Å². The van der Waals surface area contributed by atoms with Gasteiger partial charge in [-0.15, -0.1) is 11.3 Å². The van der Waals surface area contributed by atoms with Gasteiger partial charge in [0.05, 0.1) is 22.0 Å². The van der Waals surface area contributed by atoms with Crippen LogP contribution in [0.3, 0.4) is 0 Å². The van der Waals surface area contributed by atoms with Crippen molar-refractivity contribution in [2.24, 2.45) is 0 Å². The van der Waals surface area contributed by atoms with Crippen molar-refractivity contribution in [3.05, 3.63) is 45.2 Å². The zero-order chi connectivity index (χ0) is 12.3. The van der Waals surface area contributed by atoms with E-state index in [0.29, 0.717) is 11.4 Å². The molecule has 5 heteroatoms. The molecular weight excluding hydrogens is 254 g/mol.